The Morgan fingerprint density at radius 1 is 1.39 bits per heavy atom. The maximum Gasteiger partial charge on any atom is 0.415 e. The predicted octanol–water partition coefficient (Wildman–Crippen LogP) is 2.51. The van der Waals surface area contributed by atoms with Crippen LogP contribution >= 0.6 is 11.3 Å². The highest BCUT2D eigenvalue weighted by Crippen LogP contribution is 2.22. The van der Waals surface area contributed by atoms with Crippen LogP contribution in [0.4, 0.5) is 14.3 Å². The third-order valence-corrected chi connectivity index (χ3v) is 5.12. The maximum atomic E-state index is 13.7. The highest BCUT2D eigenvalue weighted by Gasteiger charge is 2.14. The molecule has 0 fully saturated rings. The van der Waals surface area contributed by atoms with Gasteiger partial charge in [0.2, 0.25) is 0 Å². The first-order valence-electron chi connectivity index (χ1n) is 9.36. The lowest BCUT2D eigenvalue weighted by atomic mass is 10.2. The van der Waals surface area contributed by atoms with Crippen molar-refractivity contribution in [3.05, 3.63) is 39.5 Å². The molecule has 0 aliphatic heterocycles. The molecule has 1 amide bonds. The van der Waals surface area contributed by atoms with E-state index in [1.165, 1.54) is 28.4 Å². The van der Waals surface area contributed by atoms with Crippen molar-refractivity contribution in [3.63, 3.8) is 0 Å². The van der Waals surface area contributed by atoms with Crippen molar-refractivity contribution in [2.24, 2.45) is 5.73 Å². The lowest BCUT2D eigenvalue weighted by Gasteiger charge is -2.18. The zero-order valence-corrected chi connectivity index (χ0v) is 17.2. The number of aromatic nitrogens is 1. The summed E-state index contributed by atoms with van der Waals surface area (Å²) >= 11 is 1.44. The summed E-state index contributed by atoms with van der Waals surface area (Å²) in [6.45, 7) is 10.2. The second kappa shape index (κ2) is 10.8. The summed E-state index contributed by atoms with van der Waals surface area (Å²) in [7, 11) is 0. The molecule has 152 valence electrons. The summed E-state index contributed by atoms with van der Waals surface area (Å²) in [5, 5.41) is 4.62. The fourth-order valence-corrected chi connectivity index (χ4v) is 3.40. The lowest BCUT2D eigenvalue weighted by Crippen LogP contribution is -2.33. The minimum absolute atomic E-state index is 0.169. The van der Waals surface area contributed by atoms with Gasteiger partial charge in [0, 0.05) is 31.3 Å². The SMILES string of the molecule is C=c1nc(NCCCCN)s/c1=C/c1ccc(F)cc1OC(=O)N(CC)CC. The van der Waals surface area contributed by atoms with E-state index in [9.17, 15) is 9.18 Å². The van der Waals surface area contributed by atoms with Gasteiger partial charge in [0.25, 0.3) is 0 Å². The third-order valence-electron chi connectivity index (χ3n) is 4.12. The minimum Gasteiger partial charge on any atom is -0.409 e. The first-order valence-corrected chi connectivity index (χ1v) is 10.2. The van der Waals surface area contributed by atoms with Gasteiger partial charge in [-0.2, -0.15) is 0 Å². The molecule has 0 saturated heterocycles. The van der Waals surface area contributed by atoms with Crippen molar-refractivity contribution in [1.29, 1.82) is 0 Å². The zero-order valence-electron chi connectivity index (χ0n) is 16.3. The molecule has 28 heavy (non-hydrogen) atoms. The van der Waals surface area contributed by atoms with Crippen LogP contribution in [0.15, 0.2) is 18.2 Å². The molecule has 0 radical (unpaired) electrons. The Morgan fingerprint density at radius 3 is 2.82 bits per heavy atom. The Labute approximate surface area is 168 Å². The molecule has 3 N–H and O–H groups in total. The van der Waals surface area contributed by atoms with Gasteiger partial charge in [-0.1, -0.05) is 17.9 Å². The number of rotatable bonds is 9. The van der Waals surface area contributed by atoms with Crippen LogP contribution in [0, 0.1) is 5.82 Å². The van der Waals surface area contributed by atoms with E-state index in [1.807, 2.05) is 13.8 Å². The number of halogens is 1. The van der Waals surface area contributed by atoms with Gasteiger partial charge in [-0.25, -0.2) is 14.2 Å². The number of carbonyl (C=O) groups excluding carboxylic acids is 1. The number of thiazole rings is 1. The van der Waals surface area contributed by atoms with Crippen molar-refractivity contribution < 1.29 is 13.9 Å². The van der Waals surface area contributed by atoms with E-state index in [-0.39, 0.29) is 5.75 Å². The summed E-state index contributed by atoms with van der Waals surface area (Å²) in [5.41, 5.74) is 6.08. The van der Waals surface area contributed by atoms with Gasteiger partial charge in [0.05, 0.1) is 9.88 Å². The number of nitrogens with one attached hydrogen (secondary N) is 1. The molecule has 8 heteroatoms. The average Bonchev–Trinajstić information content (AvgIpc) is 3.01. The fraction of sp³-hybridized carbons (Fsp3) is 0.400. The van der Waals surface area contributed by atoms with E-state index in [1.54, 1.807) is 12.1 Å². The van der Waals surface area contributed by atoms with Gasteiger partial charge in [-0.15, -0.1) is 0 Å². The first kappa shape index (κ1) is 21.8. The van der Waals surface area contributed by atoms with Crippen molar-refractivity contribution >= 4 is 35.2 Å². The standard InChI is InChI=1S/C20H27FN4O2S/c1-4-25(5-2)20(26)27-17-13-16(21)9-8-15(17)12-18-14(3)24-19(28-18)23-11-7-6-10-22/h8-9,12-13H,3-7,10-11,22H2,1-2H3,(H,23,24)/b18-12+. The second-order valence-electron chi connectivity index (χ2n) is 6.12. The number of nitrogens with zero attached hydrogens (tertiary/aromatic N) is 2. The van der Waals surface area contributed by atoms with Gasteiger partial charge < -0.3 is 20.7 Å². The smallest absolute Gasteiger partial charge is 0.409 e. The maximum absolute atomic E-state index is 13.7. The van der Waals surface area contributed by atoms with E-state index in [0.717, 1.165) is 29.1 Å². The zero-order chi connectivity index (χ0) is 20.5. The molecule has 0 aliphatic carbocycles. The normalized spacial score (nSPS) is 11.5. The summed E-state index contributed by atoms with van der Waals surface area (Å²) in [6, 6.07) is 4.12. The van der Waals surface area contributed by atoms with Crippen LogP contribution in [-0.4, -0.2) is 42.2 Å². The molecule has 0 spiro atoms. The molecule has 1 aromatic heterocycles. The molecule has 6 nitrogen and oxygen atoms in total. The number of benzene rings is 1. The predicted molar refractivity (Wildman–Crippen MR) is 113 cm³/mol. The van der Waals surface area contributed by atoms with Gasteiger partial charge in [0.15, 0.2) is 5.13 Å². The number of anilines is 1. The van der Waals surface area contributed by atoms with Crippen LogP contribution in [0.5, 0.6) is 5.75 Å². The highest BCUT2D eigenvalue weighted by molar-refractivity contribution is 7.13. The molecular weight excluding hydrogens is 379 g/mol. The van der Waals surface area contributed by atoms with Crippen LogP contribution in [0.2, 0.25) is 0 Å². The second-order valence-corrected chi connectivity index (χ2v) is 7.15. The Bertz CT molecular complexity index is 896. The number of unbranched alkanes of at least 4 members (excludes halogenated alkanes) is 1. The van der Waals surface area contributed by atoms with E-state index < -0.39 is 11.9 Å². The molecule has 2 rings (SSSR count). The number of hydrogen-bond acceptors (Lipinski definition) is 6. The average molecular weight is 407 g/mol. The van der Waals surface area contributed by atoms with Gasteiger partial charge in [0.1, 0.15) is 11.6 Å². The van der Waals surface area contributed by atoms with Crippen LogP contribution in [0.1, 0.15) is 32.3 Å². The topological polar surface area (TPSA) is 80.5 Å². The Kier molecular flexibility index (Phi) is 8.41. The number of hydrogen-bond donors (Lipinski definition) is 2. The molecule has 1 aromatic carbocycles. The van der Waals surface area contributed by atoms with E-state index in [0.29, 0.717) is 30.5 Å². The van der Waals surface area contributed by atoms with Gasteiger partial charge >= 0.3 is 6.09 Å². The lowest BCUT2D eigenvalue weighted by molar-refractivity contribution is 0.157. The molecule has 0 unspecified atom stereocenters. The number of nitrogens with two attached hydrogens (primary N) is 1. The fourth-order valence-electron chi connectivity index (χ4n) is 2.51. The highest BCUT2D eigenvalue weighted by atomic mass is 32.1. The van der Waals surface area contributed by atoms with Crippen molar-refractivity contribution in [3.8, 4) is 5.75 Å². The van der Waals surface area contributed by atoms with Gasteiger partial charge in [-0.3, -0.25) is 0 Å². The quantitative estimate of drug-likeness (QED) is 0.626. The van der Waals surface area contributed by atoms with Crippen LogP contribution < -0.4 is 25.7 Å². The molecular formula is C20H27FN4O2S. The van der Waals surface area contributed by atoms with E-state index in [2.05, 4.69) is 16.9 Å². The van der Waals surface area contributed by atoms with Crippen molar-refractivity contribution in [2.45, 2.75) is 26.7 Å². The Morgan fingerprint density at radius 2 is 2.14 bits per heavy atom. The summed E-state index contributed by atoms with van der Waals surface area (Å²) in [4.78, 5) is 18.2. The summed E-state index contributed by atoms with van der Waals surface area (Å²) < 4.78 is 20.0. The summed E-state index contributed by atoms with van der Waals surface area (Å²) in [6.07, 6.45) is 3.21. The molecule has 2 aromatic rings. The molecule has 1 heterocycles. The van der Waals surface area contributed by atoms with Gasteiger partial charge in [-0.05, 0) is 51.4 Å². The van der Waals surface area contributed by atoms with Crippen LogP contribution in [0.25, 0.3) is 12.7 Å². The third kappa shape index (κ3) is 6.03. The minimum atomic E-state index is -0.508. The molecule has 0 saturated carbocycles. The van der Waals surface area contributed by atoms with E-state index in [4.69, 9.17) is 10.5 Å². The van der Waals surface area contributed by atoms with Crippen molar-refractivity contribution in [1.82, 2.24) is 9.88 Å². The molecule has 0 atom stereocenters. The monoisotopic (exact) mass is 406 g/mol. The summed E-state index contributed by atoms with van der Waals surface area (Å²) in [5.74, 6) is -0.303. The van der Waals surface area contributed by atoms with E-state index >= 15 is 0 Å². The first-order chi connectivity index (χ1) is 13.5. The van der Waals surface area contributed by atoms with Crippen LogP contribution in [-0.2, 0) is 0 Å². The Hall–Kier alpha value is -2.45. The number of amides is 1. The Balaban J connectivity index is 2.27. The largest absolute Gasteiger partial charge is 0.415 e. The van der Waals surface area contributed by atoms with Crippen molar-refractivity contribution in [2.75, 3.05) is 31.5 Å². The molecule has 0 aliphatic rings. The molecule has 0 bridgehead atoms. The number of ether oxygens (including phenoxy) is 1. The van der Waals surface area contributed by atoms with Crippen LogP contribution in [0.3, 0.4) is 0 Å². The number of carbonyl (C=O) groups is 1.